The number of hydrogen-bond acceptors (Lipinski definition) is 9. The van der Waals surface area contributed by atoms with E-state index in [1.807, 2.05) is 30.3 Å². The number of aliphatic hydroxyl groups excluding tert-OH is 5. The minimum Gasteiger partial charge on any atom is -0.482 e. The summed E-state index contributed by atoms with van der Waals surface area (Å²) in [5, 5.41) is 66.6. The van der Waals surface area contributed by atoms with E-state index in [1.165, 1.54) is 29.5 Å². The summed E-state index contributed by atoms with van der Waals surface area (Å²) in [6, 6.07) is 14.0. The van der Waals surface area contributed by atoms with Crippen LogP contribution in [0.1, 0.15) is 126 Å². The standard InChI is InChI=1S/C23H33NO3.C23H34O5.CH4O/c1-2-3-4-7-18(25)9-10-19-20-13-16-6-5-8-23(27-12-11-24)21(16)14-17(20)15-22(19)26;1-2-3-4-7-17(24)9-10-18-19-11-15-6-5-8-22(28-14-23(26)27)20(15)12-16(19)13-21(18)25;1-2/h5-6,8,17-20,22,25-26H,2-4,7,9-10,12-15H2,1H3;5-6,8,16-19,21,24-25H,2-4,7,9-14H2,1H3,(H,26,27);2H,1H3/t17-,18-,19+,20-,22+;16-,17-,18+,19-,21+;/m00./s1. The third-order valence-electron chi connectivity index (χ3n) is 13.3. The quantitative estimate of drug-likeness (QED) is 0.0796. The van der Waals surface area contributed by atoms with Crippen LogP contribution in [0.4, 0.5) is 0 Å². The molecule has 4 aliphatic carbocycles. The molecule has 4 aliphatic rings. The first-order valence-electron chi connectivity index (χ1n) is 21.9. The first-order valence-corrected chi connectivity index (χ1v) is 21.9. The van der Waals surface area contributed by atoms with Crippen molar-refractivity contribution in [2.75, 3.05) is 20.3 Å². The second-order valence-corrected chi connectivity index (χ2v) is 17.0. The normalized spacial score (nSPS) is 26.4. The highest BCUT2D eigenvalue weighted by Crippen LogP contribution is 2.50. The zero-order chi connectivity index (χ0) is 41.3. The van der Waals surface area contributed by atoms with E-state index in [9.17, 15) is 25.2 Å². The van der Waals surface area contributed by atoms with Crippen LogP contribution < -0.4 is 9.47 Å². The molecule has 0 saturated heterocycles. The Morgan fingerprint density at radius 1 is 0.719 bits per heavy atom. The fourth-order valence-corrected chi connectivity index (χ4v) is 10.4. The Labute approximate surface area is 341 Å². The number of fused-ring (bicyclic) bond motifs is 4. The molecule has 318 valence electrons. The average molecular weight is 794 g/mol. The van der Waals surface area contributed by atoms with Crippen molar-refractivity contribution in [2.24, 2.45) is 35.5 Å². The van der Waals surface area contributed by atoms with Crippen LogP contribution in [0.2, 0.25) is 0 Å². The Kier molecular flexibility index (Phi) is 19.6. The summed E-state index contributed by atoms with van der Waals surface area (Å²) in [6.07, 6.45) is 16.1. The van der Waals surface area contributed by atoms with Crippen molar-refractivity contribution in [1.29, 1.82) is 5.26 Å². The molecule has 0 aromatic heterocycles. The summed E-state index contributed by atoms with van der Waals surface area (Å²) in [5.41, 5.74) is 4.85. The Morgan fingerprint density at radius 2 is 1.18 bits per heavy atom. The lowest BCUT2D eigenvalue weighted by Crippen LogP contribution is -2.28. The summed E-state index contributed by atoms with van der Waals surface area (Å²) in [4.78, 5) is 10.8. The van der Waals surface area contributed by atoms with Gasteiger partial charge in [-0.15, -0.1) is 0 Å². The zero-order valence-electron chi connectivity index (χ0n) is 34.7. The lowest BCUT2D eigenvalue weighted by atomic mass is 9.73. The van der Waals surface area contributed by atoms with Gasteiger partial charge >= 0.3 is 5.97 Å². The third kappa shape index (κ3) is 13.1. The van der Waals surface area contributed by atoms with Gasteiger partial charge in [0.25, 0.3) is 0 Å². The predicted octanol–water partition coefficient (Wildman–Crippen LogP) is 7.21. The molecule has 0 unspecified atom stereocenters. The first kappa shape index (κ1) is 46.5. The number of carboxylic acids is 1. The summed E-state index contributed by atoms with van der Waals surface area (Å²) in [5.74, 6) is 2.84. The fraction of sp³-hybridized carbons (Fsp3) is 0.702. The molecule has 0 heterocycles. The molecule has 0 amide bonds. The number of nitriles is 1. The van der Waals surface area contributed by atoms with Crippen LogP contribution in [0.5, 0.6) is 11.5 Å². The van der Waals surface area contributed by atoms with Crippen LogP contribution >= 0.6 is 0 Å². The van der Waals surface area contributed by atoms with Gasteiger partial charge in [0, 0.05) is 7.11 Å². The number of rotatable bonds is 19. The summed E-state index contributed by atoms with van der Waals surface area (Å²) in [6.45, 7) is 4.09. The molecule has 2 saturated carbocycles. The lowest BCUT2D eigenvalue weighted by molar-refractivity contribution is -0.139. The molecule has 6 rings (SSSR count). The van der Waals surface area contributed by atoms with Crippen LogP contribution in [0, 0.1) is 46.8 Å². The summed E-state index contributed by atoms with van der Waals surface area (Å²) >= 11 is 0. The number of hydrogen-bond donors (Lipinski definition) is 6. The Hall–Kier alpha value is -3.20. The molecule has 0 radical (unpaired) electrons. The molecule has 2 aromatic rings. The van der Waals surface area contributed by atoms with E-state index in [0.29, 0.717) is 29.4 Å². The van der Waals surface area contributed by atoms with Gasteiger partial charge in [-0.1, -0.05) is 76.6 Å². The van der Waals surface area contributed by atoms with Gasteiger partial charge in [-0.3, -0.25) is 0 Å². The van der Waals surface area contributed by atoms with Crippen LogP contribution in [0.25, 0.3) is 0 Å². The van der Waals surface area contributed by atoms with Gasteiger partial charge in [-0.2, -0.15) is 5.26 Å². The number of nitrogens with zero attached hydrogens (tertiary/aromatic N) is 1. The van der Waals surface area contributed by atoms with E-state index in [-0.39, 0.29) is 49.5 Å². The molecule has 0 bridgehead atoms. The molecule has 57 heavy (non-hydrogen) atoms. The highest BCUT2D eigenvalue weighted by Gasteiger charge is 2.46. The van der Waals surface area contributed by atoms with Gasteiger partial charge < -0.3 is 40.1 Å². The van der Waals surface area contributed by atoms with E-state index < -0.39 is 5.97 Å². The molecule has 2 aromatic carbocycles. The predicted molar refractivity (Wildman–Crippen MR) is 221 cm³/mol. The number of ether oxygens (including phenoxy) is 2. The monoisotopic (exact) mass is 794 g/mol. The van der Waals surface area contributed by atoms with Gasteiger partial charge in [0.15, 0.2) is 13.2 Å². The number of aliphatic hydroxyl groups is 5. The Morgan fingerprint density at radius 3 is 1.60 bits per heavy atom. The van der Waals surface area contributed by atoms with E-state index in [4.69, 9.17) is 24.9 Å². The molecular formula is C47H71NO9. The van der Waals surface area contributed by atoms with Gasteiger partial charge in [0.05, 0.1) is 24.4 Å². The van der Waals surface area contributed by atoms with Crippen molar-refractivity contribution in [3.05, 3.63) is 58.7 Å². The maximum atomic E-state index is 10.8. The number of unbranched alkanes of at least 4 members (excludes halogenated alkanes) is 4. The van der Waals surface area contributed by atoms with E-state index in [0.717, 1.165) is 121 Å². The smallest absolute Gasteiger partial charge is 0.341 e. The van der Waals surface area contributed by atoms with Crippen LogP contribution in [-0.4, -0.2) is 81.3 Å². The van der Waals surface area contributed by atoms with Crippen molar-refractivity contribution in [1.82, 2.24) is 0 Å². The number of benzene rings is 2. The average Bonchev–Trinajstić information content (AvgIpc) is 3.69. The minimum atomic E-state index is -0.972. The van der Waals surface area contributed by atoms with E-state index >= 15 is 0 Å². The first-order chi connectivity index (χ1) is 27.6. The van der Waals surface area contributed by atoms with Crippen LogP contribution in [-0.2, 0) is 30.5 Å². The molecule has 0 spiro atoms. The highest BCUT2D eigenvalue weighted by atomic mass is 16.5. The van der Waals surface area contributed by atoms with E-state index in [1.54, 1.807) is 0 Å². The maximum absolute atomic E-state index is 10.8. The second kappa shape index (κ2) is 24.0. The second-order valence-electron chi connectivity index (χ2n) is 17.0. The third-order valence-corrected chi connectivity index (χ3v) is 13.3. The molecule has 10 heteroatoms. The summed E-state index contributed by atoms with van der Waals surface area (Å²) in [7, 11) is 1.00. The van der Waals surface area contributed by atoms with Gasteiger partial charge in [-0.25, -0.2) is 4.79 Å². The maximum Gasteiger partial charge on any atom is 0.341 e. The summed E-state index contributed by atoms with van der Waals surface area (Å²) < 4.78 is 11.1. The SMILES string of the molecule is CCCCC[C@H](O)CC[C@@H]1[C@H]2Cc3cccc(OCC#N)c3C[C@H]2C[C@H]1O.CCCCC[C@H](O)CC[C@@H]1[C@H]2Cc3cccc(OCC(=O)O)c3C[C@H]2C[C@H]1O.CO. The fourth-order valence-electron chi connectivity index (χ4n) is 10.4. The topological polar surface area (TPSA) is 181 Å². The molecule has 10 nitrogen and oxygen atoms in total. The molecule has 6 N–H and O–H groups in total. The van der Waals surface area contributed by atoms with Gasteiger partial charge in [0.1, 0.15) is 17.6 Å². The molecule has 10 atom stereocenters. The van der Waals surface area contributed by atoms with Crippen LogP contribution in [0.15, 0.2) is 36.4 Å². The van der Waals surface area contributed by atoms with Crippen molar-refractivity contribution < 1.29 is 44.9 Å². The van der Waals surface area contributed by atoms with Crippen molar-refractivity contribution in [3.8, 4) is 17.6 Å². The Bertz CT molecular complexity index is 1540. The number of carboxylic acid groups (broad SMARTS) is 1. The van der Waals surface area contributed by atoms with Crippen molar-refractivity contribution in [2.45, 2.75) is 154 Å². The largest absolute Gasteiger partial charge is 0.482 e. The highest BCUT2D eigenvalue weighted by molar-refractivity contribution is 5.68. The van der Waals surface area contributed by atoms with Gasteiger partial charge in [0.2, 0.25) is 0 Å². The van der Waals surface area contributed by atoms with Crippen LogP contribution in [0.3, 0.4) is 0 Å². The lowest BCUT2D eigenvalue weighted by Gasteiger charge is -2.32. The number of aliphatic carboxylic acids is 1. The van der Waals surface area contributed by atoms with Crippen molar-refractivity contribution in [3.63, 3.8) is 0 Å². The zero-order valence-corrected chi connectivity index (χ0v) is 34.7. The van der Waals surface area contributed by atoms with Gasteiger partial charge in [-0.05, 0) is 147 Å². The number of carbonyl (C=O) groups is 1. The Balaban J connectivity index is 0.000000242. The molecule has 2 fully saturated rings. The molecular weight excluding hydrogens is 723 g/mol. The van der Waals surface area contributed by atoms with E-state index in [2.05, 4.69) is 26.0 Å². The van der Waals surface area contributed by atoms with Crippen molar-refractivity contribution >= 4 is 5.97 Å². The minimum absolute atomic E-state index is 0.0751. The molecule has 0 aliphatic heterocycles.